The highest BCUT2D eigenvalue weighted by atomic mass is 16.5. The Morgan fingerprint density at radius 1 is 1.04 bits per heavy atom. The van der Waals surface area contributed by atoms with Crippen LogP contribution in [0.25, 0.3) is 11.3 Å². The predicted octanol–water partition coefficient (Wildman–Crippen LogP) is 2.40. The van der Waals surface area contributed by atoms with Crippen molar-refractivity contribution < 1.29 is 23.8 Å². The Kier molecular flexibility index (Phi) is 6.11. The summed E-state index contributed by atoms with van der Waals surface area (Å²) in [4.78, 5) is 27.6. The Hall–Kier alpha value is -3.35. The zero-order valence-electron chi connectivity index (χ0n) is 14.1. The minimum Gasteiger partial charge on any atom is -0.481 e. The second-order valence-electron chi connectivity index (χ2n) is 4.84. The second kappa shape index (κ2) is 8.49. The lowest BCUT2D eigenvalue weighted by Gasteiger charge is -2.10. The molecule has 0 saturated carbocycles. The summed E-state index contributed by atoms with van der Waals surface area (Å²) in [6, 6.07) is 12.6. The zero-order valence-corrected chi connectivity index (χ0v) is 14.1. The highest BCUT2D eigenvalue weighted by Gasteiger charge is 2.13. The number of anilines is 1. The number of nitrogens with zero attached hydrogens (tertiary/aromatic N) is 1. The van der Waals surface area contributed by atoms with Crippen molar-refractivity contribution in [3.63, 3.8) is 0 Å². The quantitative estimate of drug-likeness (QED) is 0.637. The van der Waals surface area contributed by atoms with Crippen LogP contribution in [0.3, 0.4) is 0 Å². The van der Waals surface area contributed by atoms with E-state index in [1.54, 1.807) is 31.4 Å². The fraction of sp³-hybridized carbons (Fsp3) is 0.167. The third-order valence-corrected chi connectivity index (χ3v) is 3.24. The molecule has 130 valence electrons. The van der Waals surface area contributed by atoms with Crippen molar-refractivity contribution in [2.75, 3.05) is 26.6 Å². The van der Waals surface area contributed by atoms with Crippen LogP contribution in [-0.4, -0.2) is 38.3 Å². The summed E-state index contributed by atoms with van der Waals surface area (Å²) < 4.78 is 14.3. The largest absolute Gasteiger partial charge is 0.481 e. The first-order chi connectivity index (χ1) is 12.1. The van der Waals surface area contributed by atoms with Crippen molar-refractivity contribution in [2.45, 2.75) is 0 Å². The molecule has 0 aliphatic carbocycles. The minimum absolute atomic E-state index is 0.0369. The van der Waals surface area contributed by atoms with E-state index in [0.717, 1.165) is 11.6 Å². The van der Waals surface area contributed by atoms with E-state index in [1.165, 1.54) is 14.2 Å². The number of methoxy groups -OCH3 is 3. The Bertz CT molecular complexity index is 802. The molecule has 25 heavy (non-hydrogen) atoms. The maximum Gasteiger partial charge on any atom is 0.354 e. The lowest BCUT2D eigenvalue weighted by molar-refractivity contribution is -0.138. The molecule has 0 radical (unpaired) electrons. The third kappa shape index (κ3) is 4.81. The first kappa shape index (κ1) is 18.0. The molecule has 0 atom stereocenters. The van der Waals surface area contributed by atoms with Crippen LogP contribution in [-0.2, 0) is 19.1 Å². The topological polar surface area (TPSA) is 86.8 Å². The number of hydrogen-bond donors (Lipinski definition) is 1. The predicted molar refractivity (Wildman–Crippen MR) is 92.0 cm³/mol. The van der Waals surface area contributed by atoms with Crippen molar-refractivity contribution in [1.82, 2.24) is 4.98 Å². The number of hydrogen-bond acceptors (Lipinski definition) is 7. The van der Waals surface area contributed by atoms with Gasteiger partial charge in [-0.2, -0.15) is 0 Å². The van der Waals surface area contributed by atoms with E-state index in [1.807, 2.05) is 18.2 Å². The van der Waals surface area contributed by atoms with Gasteiger partial charge in [0.05, 0.1) is 33.1 Å². The molecular formula is C18H18N2O5. The molecule has 1 heterocycles. The number of aromatic nitrogens is 1. The van der Waals surface area contributed by atoms with Crippen molar-refractivity contribution in [2.24, 2.45) is 0 Å². The van der Waals surface area contributed by atoms with Crippen LogP contribution in [0.2, 0.25) is 0 Å². The van der Waals surface area contributed by atoms with Gasteiger partial charge in [0, 0.05) is 17.3 Å². The lowest BCUT2D eigenvalue weighted by atomic mass is 10.1. The standard InChI is InChI=1S/C18H18N2O5/c1-23-16-9-5-8-14(20-16)12-6-4-7-13(10-12)19-15(18(22)25-3)11-17(21)24-2/h4-11,19H,1-3H3/b15-11+. The number of pyridine rings is 1. The molecule has 0 amide bonds. The van der Waals surface area contributed by atoms with Crippen LogP contribution in [0.15, 0.2) is 54.2 Å². The maximum atomic E-state index is 11.8. The van der Waals surface area contributed by atoms with E-state index in [4.69, 9.17) is 4.74 Å². The minimum atomic E-state index is -0.685. The molecular weight excluding hydrogens is 324 g/mol. The van der Waals surface area contributed by atoms with Gasteiger partial charge < -0.3 is 19.5 Å². The molecule has 0 spiro atoms. The van der Waals surface area contributed by atoms with Gasteiger partial charge in [0.15, 0.2) is 0 Å². The van der Waals surface area contributed by atoms with Gasteiger partial charge in [0.2, 0.25) is 5.88 Å². The van der Waals surface area contributed by atoms with Gasteiger partial charge in [0.1, 0.15) is 5.70 Å². The average Bonchev–Trinajstić information content (AvgIpc) is 2.66. The van der Waals surface area contributed by atoms with Gasteiger partial charge >= 0.3 is 11.9 Å². The van der Waals surface area contributed by atoms with Crippen LogP contribution in [0, 0.1) is 0 Å². The fourth-order valence-electron chi connectivity index (χ4n) is 2.03. The molecule has 2 rings (SSSR count). The molecule has 7 heteroatoms. The van der Waals surface area contributed by atoms with Gasteiger partial charge in [-0.05, 0) is 18.2 Å². The Morgan fingerprint density at radius 3 is 2.48 bits per heavy atom. The molecule has 0 saturated heterocycles. The summed E-state index contributed by atoms with van der Waals surface area (Å²) >= 11 is 0. The fourth-order valence-corrected chi connectivity index (χ4v) is 2.03. The smallest absolute Gasteiger partial charge is 0.354 e. The zero-order chi connectivity index (χ0) is 18.2. The van der Waals surface area contributed by atoms with Crippen LogP contribution >= 0.6 is 0 Å². The molecule has 0 unspecified atom stereocenters. The van der Waals surface area contributed by atoms with Crippen molar-refractivity contribution in [3.8, 4) is 17.1 Å². The summed E-state index contributed by atoms with van der Waals surface area (Å²) in [5.41, 5.74) is 2.07. The number of benzene rings is 1. The third-order valence-electron chi connectivity index (χ3n) is 3.24. The number of rotatable bonds is 6. The Labute approximate surface area is 145 Å². The summed E-state index contributed by atoms with van der Waals surface area (Å²) in [5.74, 6) is -0.856. The van der Waals surface area contributed by atoms with Crippen LogP contribution < -0.4 is 10.1 Å². The van der Waals surface area contributed by atoms with E-state index in [0.29, 0.717) is 17.3 Å². The van der Waals surface area contributed by atoms with Crippen molar-refractivity contribution in [3.05, 3.63) is 54.2 Å². The van der Waals surface area contributed by atoms with Crippen LogP contribution in [0.5, 0.6) is 5.88 Å². The van der Waals surface area contributed by atoms with Crippen LogP contribution in [0.4, 0.5) is 5.69 Å². The van der Waals surface area contributed by atoms with Gasteiger partial charge in [-0.3, -0.25) is 0 Å². The van der Waals surface area contributed by atoms with Gasteiger partial charge in [-0.1, -0.05) is 18.2 Å². The number of carbonyl (C=O) groups excluding carboxylic acids is 2. The average molecular weight is 342 g/mol. The van der Waals surface area contributed by atoms with Crippen LogP contribution in [0.1, 0.15) is 0 Å². The summed E-state index contributed by atoms with van der Waals surface area (Å²) in [6.07, 6.45) is 1.03. The SMILES string of the molecule is COC(=O)/C=C(/Nc1cccc(-c2cccc(OC)n2)c1)C(=O)OC. The molecule has 0 fully saturated rings. The number of esters is 2. The number of carbonyl (C=O) groups is 2. The lowest BCUT2D eigenvalue weighted by Crippen LogP contribution is -2.15. The van der Waals surface area contributed by atoms with Crippen molar-refractivity contribution >= 4 is 17.6 Å². The molecule has 1 N–H and O–H groups in total. The van der Waals surface area contributed by atoms with E-state index in [9.17, 15) is 9.59 Å². The highest BCUT2D eigenvalue weighted by molar-refractivity contribution is 5.98. The molecule has 1 aromatic heterocycles. The summed E-state index contributed by atoms with van der Waals surface area (Å²) in [6.45, 7) is 0. The number of ether oxygens (including phenoxy) is 3. The second-order valence-corrected chi connectivity index (χ2v) is 4.84. The molecule has 0 aliphatic rings. The van der Waals surface area contributed by atoms with Gasteiger partial charge in [0.25, 0.3) is 0 Å². The molecule has 0 aliphatic heterocycles. The van der Waals surface area contributed by atoms with E-state index in [2.05, 4.69) is 19.8 Å². The highest BCUT2D eigenvalue weighted by Crippen LogP contribution is 2.23. The van der Waals surface area contributed by atoms with Crippen molar-refractivity contribution in [1.29, 1.82) is 0 Å². The summed E-state index contributed by atoms with van der Waals surface area (Å²) in [7, 11) is 4.00. The number of nitrogens with one attached hydrogen (secondary N) is 1. The molecule has 0 bridgehead atoms. The Balaban J connectivity index is 2.32. The Morgan fingerprint density at radius 2 is 1.80 bits per heavy atom. The van der Waals surface area contributed by atoms with Gasteiger partial charge in [-0.15, -0.1) is 0 Å². The normalized spacial score (nSPS) is 10.8. The first-order valence-electron chi connectivity index (χ1n) is 7.34. The molecule has 2 aromatic rings. The maximum absolute atomic E-state index is 11.8. The summed E-state index contributed by atoms with van der Waals surface area (Å²) in [5, 5.41) is 2.86. The van der Waals surface area contributed by atoms with E-state index in [-0.39, 0.29) is 5.70 Å². The first-order valence-corrected chi connectivity index (χ1v) is 7.34. The molecule has 7 nitrogen and oxygen atoms in total. The monoisotopic (exact) mass is 342 g/mol. The van der Waals surface area contributed by atoms with E-state index >= 15 is 0 Å². The van der Waals surface area contributed by atoms with E-state index < -0.39 is 11.9 Å². The molecule has 1 aromatic carbocycles. The van der Waals surface area contributed by atoms with Gasteiger partial charge in [-0.25, -0.2) is 14.6 Å².